The molecule has 266 valence electrons. The van der Waals surface area contributed by atoms with Gasteiger partial charge in [0.2, 0.25) is 10.0 Å². The van der Waals surface area contributed by atoms with E-state index in [2.05, 4.69) is 21.9 Å². The van der Waals surface area contributed by atoms with Gasteiger partial charge >= 0.3 is 5.97 Å². The van der Waals surface area contributed by atoms with E-state index < -0.39 is 21.6 Å². The second-order valence-corrected chi connectivity index (χ2v) is 14.7. The second kappa shape index (κ2) is 17.9. The molecule has 1 fully saturated rings. The maximum atomic E-state index is 13.8. The molecule has 48 heavy (non-hydrogen) atoms. The van der Waals surface area contributed by atoms with Crippen LogP contribution in [0.1, 0.15) is 104 Å². The van der Waals surface area contributed by atoms with Gasteiger partial charge in [-0.3, -0.25) is 9.48 Å². The fraction of sp³-hybridized carbons (Fsp3) is 0.657. The molecule has 4 rings (SSSR count). The van der Waals surface area contributed by atoms with E-state index in [1.54, 1.807) is 13.1 Å². The van der Waals surface area contributed by atoms with Gasteiger partial charge in [0.05, 0.1) is 22.8 Å². The average Bonchev–Trinajstić information content (AvgIpc) is 3.39. The zero-order valence-corrected chi connectivity index (χ0v) is 30.3. The second-order valence-electron chi connectivity index (χ2n) is 12.7. The first kappa shape index (κ1) is 37.5. The highest BCUT2D eigenvalue weighted by atomic mass is 32.2. The molecule has 0 saturated carbocycles. The van der Waals surface area contributed by atoms with Crippen LogP contribution in [0.3, 0.4) is 0 Å². The lowest BCUT2D eigenvalue weighted by atomic mass is 10.1. The largest absolute Gasteiger partial charge is 0.493 e. The predicted octanol–water partition coefficient (Wildman–Crippen LogP) is 5.35. The summed E-state index contributed by atoms with van der Waals surface area (Å²) in [6, 6.07) is 4.55. The number of hydrogen-bond donors (Lipinski definition) is 0. The first-order valence-electron chi connectivity index (χ1n) is 17.8. The summed E-state index contributed by atoms with van der Waals surface area (Å²) in [7, 11) is -0.242. The summed E-state index contributed by atoms with van der Waals surface area (Å²) in [5.41, 5.74) is 0.813. The standard InChI is InChI=1S/C35H54N6O6S/c1-6-9-10-11-12-13-14-15-16-17-19-31(42)47-41-32-29(18-7-2)37-39(5)33(32)35(43)36-34(41)28-26-27(20-21-30(28)46-8-3)48(44,45)40-24-22-38(4)23-25-40/h20-21,26H,6-19,22-25H2,1-5H3. The van der Waals surface area contributed by atoms with Crippen LogP contribution in [-0.2, 0) is 28.3 Å². The Morgan fingerprint density at radius 1 is 0.854 bits per heavy atom. The molecule has 0 spiro atoms. The number of unbranched alkanes of at least 4 members (excludes halogenated alkanes) is 9. The summed E-state index contributed by atoms with van der Waals surface area (Å²) in [4.78, 5) is 39.5. The van der Waals surface area contributed by atoms with E-state index in [-0.39, 0.29) is 34.8 Å². The number of aromatic nitrogens is 4. The molecule has 1 saturated heterocycles. The number of rotatable bonds is 19. The molecule has 1 aliphatic rings. The molecule has 0 radical (unpaired) electrons. The number of aryl methyl sites for hydroxylation is 2. The summed E-state index contributed by atoms with van der Waals surface area (Å²) in [6.07, 6.45) is 12.9. The van der Waals surface area contributed by atoms with Crippen LogP contribution in [0, 0.1) is 0 Å². The van der Waals surface area contributed by atoms with E-state index in [1.165, 1.54) is 64.4 Å². The number of hydrogen-bond acceptors (Lipinski definition) is 9. The van der Waals surface area contributed by atoms with Crippen LogP contribution in [0.5, 0.6) is 5.75 Å². The van der Waals surface area contributed by atoms with Gasteiger partial charge in [-0.05, 0) is 45.0 Å². The first-order chi connectivity index (χ1) is 23.1. The number of carbonyl (C=O) groups is 1. The lowest BCUT2D eigenvalue weighted by Gasteiger charge is -2.31. The van der Waals surface area contributed by atoms with Crippen molar-refractivity contribution >= 4 is 27.0 Å². The molecule has 0 bridgehead atoms. The number of benzene rings is 1. The Bertz CT molecular complexity index is 1680. The first-order valence-corrected chi connectivity index (χ1v) is 19.2. The molecule has 2 aromatic heterocycles. The summed E-state index contributed by atoms with van der Waals surface area (Å²) >= 11 is 0. The molecule has 12 nitrogen and oxygen atoms in total. The zero-order chi connectivity index (χ0) is 34.7. The van der Waals surface area contributed by atoms with Crippen molar-refractivity contribution in [2.24, 2.45) is 7.05 Å². The highest BCUT2D eigenvalue weighted by Gasteiger charge is 2.30. The summed E-state index contributed by atoms with van der Waals surface area (Å²) in [6.45, 7) is 8.30. The third kappa shape index (κ3) is 9.23. The van der Waals surface area contributed by atoms with Crippen LogP contribution >= 0.6 is 0 Å². The van der Waals surface area contributed by atoms with Gasteiger partial charge in [-0.1, -0.05) is 78.1 Å². The predicted molar refractivity (Wildman–Crippen MR) is 188 cm³/mol. The van der Waals surface area contributed by atoms with E-state index in [0.717, 1.165) is 25.7 Å². The highest BCUT2D eigenvalue weighted by molar-refractivity contribution is 7.89. The maximum absolute atomic E-state index is 13.8. The number of ether oxygens (including phenoxy) is 1. The molecule has 1 aromatic carbocycles. The average molecular weight is 687 g/mol. The molecule has 3 heterocycles. The molecule has 0 N–H and O–H groups in total. The van der Waals surface area contributed by atoms with E-state index in [0.29, 0.717) is 56.0 Å². The Balaban J connectivity index is 1.67. The fourth-order valence-electron chi connectivity index (χ4n) is 6.19. The van der Waals surface area contributed by atoms with Gasteiger partial charge in [-0.25, -0.2) is 13.2 Å². The molecule has 13 heteroatoms. The lowest BCUT2D eigenvalue weighted by molar-refractivity contribution is -0.143. The van der Waals surface area contributed by atoms with Crippen molar-refractivity contribution in [1.29, 1.82) is 0 Å². The highest BCUT2D eigenvalue weighted by Crippen LogP contribution is 2.34. The van der Waals surface area contributed by atoms with Crippen LogP contribution in [0.2, 0.25) is 0 Å². The molecule has 0 unspecified atom stereocenters. The molecule has 0 aliphatic carbocycles. The van der Waals surface area contributed by atoms with Crippen LogP contribution in [0.4, 0.5) is 0 Å². The van der Waals surface area contributed by atoms with E-state index >= 15 is 0 Å². The summed E-state index contributed by atoms with van der Waals surface area (Å²) in [5.74, 6) is -0.150. The molecular weight excluding hydrogens is 632 g/mol. The number of fused-ring (bicyclic) bond motifs is 1. The molecule has 1 aliphatic heterocycles. The summed E-state index contributed by atoms with van der Waals surface area (Å²) < 4.78 is 37.7. The van der Waals surface area contributed by atoms with Crippen molar-refractivity contribution in [1.82, 2.24) is 28.7 Å². The Labute approximate surface area is 285 Å². The maximum Gasteiger partial charge on any atom is 0.333 e. The monoisotopic (exact) mass is 686 g/mol. The van der Waals surface area contributed by atoms with Crippen LogP contribution in [-0.4, -0.2) is 82.9 Å². The normalized spacial score (nSPS) is 14.5. The topological polar surface area (TPSA) is 129 Å². The van der Waals surface area contributed by atoms with E-state index in [1.807, 2.05) is 20.9 Å². The SMILES string of the molecule is CCCCCCCCCCCCC(=O)On1c(-c2cc(S(=O)(=O)N3CCN(C)CC3)ccc2OCC)nc(=O)c2c1c(CCC)nn2C. The van der Waals surface area contributed by atoms with Gasteiger partial charge in [0.1, 0.15) is 11.3 Å². The number of likely N-dealkylation sites (N-methyl/N-ethyl adjacent to an activating group) is 1. The molecule has 3 aromatic rings. The quantitative estimate of drug-likeness (QED) is 0.153. The van der Waals surface area contributed by atoms with Gasteiger partial charge in [0, 0.05) is 39.6 Å². The third-order valence-electron chi connectivity index (χ3n) is 8.90. The Morgan fingerprint density at radius 2 is 1.50 bits per heavy atom. The zero-order valence-electron chi connectivity index (χ0n) is 29.5. The van der Waals surface area contributed by atoms with Gasteiger partial charge in [0.25, 0.3) is 5.56 Å². The van der Waals surface area contributed by atoms with Crippen molar-refractivity contribution in [3.05, 3.63) is 34.2 Å². The smallest absolute Gasteiger partial charge is 0.333 e. The minimum absolute atomic E-state index is 0.00634. The van der Waals surface area contributed by atoms with Gasteiger partial charge < -0.3 is 14.5 Å². The number of piperazine rings is 1. The van der Waals surface area contributed by atoms with Gasteiger partial charge in [0.15, 0.2) is 11.3 Å². The minimum Gasteiger partial charge on any atom is -0.493 e. The van der Waals surface area contributed by atoms with Gasteiger partial charge in [-0.2, -0.15) is 19.1 Å². The van der Waals surface area contributed by atoms with Crippen molar-refractivity contribution < 1.29 is 22.8 Å². The minimum atomic E-state index is -3.87. The summed E-state index contributed by atoms with van der Waals surface area (Å²) in [5, 5.41) is 4.58. The van der Waals surface area contributed by atoms with Crippen molar-refractivity contribution in [2.75, 3.05) is 39.8 Å². The van der Waals surface area contributed by atoms with Crippen molar-refractivity contribution in [3.8, 4) is 17.1 Å². The Kier molecular flexibility index (Phi) is 14.0. The Hall–Kier alpha value is -3.29. The van der Waals surface area contributed by atoms with Crippen molar-refractivity contribution in [3.63, 3.8) is 0 Å². The fourth-order valence-corrected chi connectivity index (χ4v) is 7.64. The number of nitrogens with zero attached hydrogens (tertiary/aromatic N) is 6. The molecule has 0 amide bonds. The van der Waals surface area contributed by atoms with Gasteiger partial charge in [-0.15, -0.1) is 0 Å². The number of carbonyl (C=O) groups excluding carboxylic acids is 1. The Morgan fingerprint density at radius 3 is 2.12 bits per heavy atom. The number of sulfonamides is 1. The van der Waals surface area contributed by atoms with Crippen LogP contribution < -0.4 is 15.1 Å². The van der Waals surface area contributed by atoms with Crippen molar-refractivity contribution in [2.45, 2.75) is 109 Å². The van der Waals surface area contributed by atoms with Crippen LogP contribution in [0.25, 0.3) is 22.4 Å². The lowest BCUT2D eigenvalue weighted by Crippen LogP contribution is -2.47. The third-order valence-corrected chi connectivity index (χ3v) is 10.8. The van der Waals surface area contributed by atoms with E-state index in [4.69, 9.17) is 9.57 Å². The molecular formula is C35H54N6O6S. The molecule has 0 atom stereocenters. The van der Waals surface area contributed by atoms with E-state index in [9.17, 15) is 18.0 Å². The van der Waals surface area contributed by atoms with Crippen LogP contribution in [0.15, 0.2) is 27.9 Å².